The largest absolute Gasteiger partial charge is 0.346 e. The second-order valence-corrected chi connectivity index (χ2v) is 3.07. The van der Waals surface area contributed by atoms with Crippen LogP contribution in [-0.4, -0.2) is 30.1 Å². The van der Waals surface area contributed by atoms with Gasteiger partial charge in [0.25, 0.3) is 3.91 Å². The molecule has 0 saturated heterocycles. The summed E-state index contributed by atoms with van der Waals surface area (Å²) in [4.78, 5) is 10.4. The smallest absolute Gasteiger partial charge is 0.280 e. The van der Waals surface area contributed by atoms with Gasteiger partial charge < -0.3 is 16.4 Å². The molecule has 0 rings (SSSR count). The molecule has 0 saturated carbocycles. The number of hydrogen-bond donors (Lipinski definition) is 3. The maximum absolute atomic E-state index is 10.4. The van der Waals surface area contributed by atoms with Gasteiger partial charge in [-0.3, -0.25) is 4.79 Å². The van der Waals surface area contributed by atoms with E-state index in [0.717, 1.165) is 19.5 Å². The van der Waals surface area contributed by atoms with Crippen molar-refractivity contribution in [3.8, 4) is 0 Å². The average molecular weight is 271 g/mol. The van der Waals surface area contributed by atoms with E-state index in [2.05, 4.69) is 10.6 Å². The standard InChI is InChI=1S/C6H14IN3O/c7-6(11)10-5-4-9-3-1-2-8/h9H,1-5,8H2,(H,10,11). The Kier molecular flexibility index (Phi) is 8.31. The van der Waals surface area contributed by atoms with E-state index in [4.69, 9.17) is 5.73 Å². The van der Waals surface area contributed by atoms with Crippen molar-refractivity contribution in [3.63, 3.8) is 0 Å². The summed E-state index contributed by atoms with van der Waals surface area (Å²) in [5, 5.41) is 5.82. The molecule has 0 unspecified atom stereocenters. The fraction of sp³-hybridized carbons (Fsp3) is 0.833. The molecule has 1 amide bonds. The molecule has 0 aromatic heterocycles. The highest BCUT2D eigenvalue weighted by Gasteiger charge is 1.90. The second-order valence-electron chi connectivity index (χ2n) is 2.09. The normalized spacial score (nSPS) is 9.64. The summed E-state index contributed by atoms with van der Waals surface area (Å²) in [6.45, 7) is 3.14. The molecule has 0 spiro atoms. The second kappa shape index (κ2) is 8.22. The zero-order valence-corrected chi connectivity index (χ0v) is 8.56. The molecule has 0 aromatic carbocycles. The fourth-order valence-electron chi connectivity index (χ4n) is 0.601. The van der Waals surface area contributed by atoms with Gasteiger partial charge in [0.05, 0.1) is 0 Å². The SMILES string of the molecule is NCCCNCCNC(=O)I. The summed E-state index contributed by atoms with van der Waals surface area (Å²) in [6, 6.07) is 0. The molecule has 66 valence electrons. The lowest BCUT2D eigenvalue weighted by Gasteiger charge is -2.02. The number of rotatable bonds is 6. The fourth-order valence-corrected chi connectivity index (χ4v) is 0.871. The van der Waals surface area contributed by atoms with Crippen LogP contribution in [0.2, 0.25) is 0 Å². The molecule has 5 heteroatoms. The lowest BCUT2D eigenvalue weighted by Crippen LogP contribution is -2.29. The van der Waals surface area contributed by atoms with Gasteiger partial charge in [0, 0.05) is 35.7 Å². The first-order valence-corrected chi connectivity index (χ1v) is 4.69. The van der Waals surface area contributed by atoms with E-state index in [-0.39, 0.29) is 3.91 Å². The maximum Gasteiger partial charge on any atom is 0.280 e. The molecule has 0 aromatic rings. The zero-order chi connectivity index (χ0) is 8.53. The van der Waals surface area contributed by atoms with E-state index in [1.54, 1.807) is 22.6 Å². The summed E-state index contributed by atoms with van der Waals surface area (Å²) >= 11 is 1.71. The number of halogens is 1. The van der Waals surface area contributed by atoms with Crippen molar-refractivity contribution in [2.24, 2.45) is 5.73 Å². The number of nitrogens with one attached hydrogen (secondary N) is 2. The van der Waals surface area contributed by atoms with Gasteiger partial charge in [-0.05, 0) is 19.5 Å². The average Bonchev–Trinajstić information content (AvgIpc) is 1.96. The Morgan fingerprint density at radius 1 is 1.36 bits per heavy atom. The minimum absolute atomic E-state index is 0.0109. The number of carbonyl (C=O) groups is 1. The number of amides is 1. The van der Waals surface area contributed by atoms with Gasteiger partial charge in [0.1, 0.15) is 0 Å². The Balaban J connectivity index is 2.85. The van der Waals surface area contributed by atoms with E-state index < -0.39 is 0 Å². The Bertz CT molecular complexity index is 110. The van der Waals surface area contributed by atoms with Gasteiger partial charge in [-0.2, -0.15) is 0 Å². The topological polar surface area (TPSA) is 67.2 Å². The molecule has 0 radical (unpaired) electrons. The van der Waals surface area contributed by atoms with Crippen molar-refractivity contribution < 1.29 is 4.79 Å². The lowest BCUT2D eigenvalue weighted by molar-refractivity contribution is 0.263. The van der Waals surface area contributed by atoms with Gasteiger partial charge >= 0.3 is 0 Å². The third-order valence-corrected chi connectivity index (χ3v) is 1.50. The first-order valence-electron chi connectivity index (χ1n) is 3.61. The Labute approximate surface area is 80.4 Å². The number of nitrogens with two attached hydrogens (primary N) is 1. The predicted molar refractivity (Wildman–Crippen MR) is 54.0 cm³/mol. The highest BCUT2D eigenvalue weighted by molar-refractivity contribution is 14.1. The first kappa shape index (κ1) is 11.1. The molecule has 0 atom stereocenters. The van der Waals surface area contributed by atoms with Gasteiger partial charge in [-0.25, -0.2) is 0 Å². The summed E-state index contributed by atoms with van der Waals surface area (Å²) in [5.41, 5.74) is 5.28. The van der Waals surface area contributed by atoms with Crippen LogP contribution in [0.4, 0.5) is 4.79 Å². The van der Waals surface area contributed by atoms with Gasteiger partial charge in [-0.1, -0.05) is 0 Å². The van der Waals surface area contributed by atoms with Crippen molar-refractivity contribution in [1.29, 1.82) is 0 Å². The predicted octanol–water partition coefficient (Wildman–Crippen LogP) is 0.0694. The van der Waals surface area contributed by atoms with E-state index in [1.807, 2.05) is 0 Å². The van der Waals surface area contributed by atoms with Crippen LogP contribution < -0.4 is 16.4 Å². The van der Waals surface area contributed by atoms with Crippen molar-refractivity contribution in [3.05, 3.63) is 0 Å². The van der Waals surface area contributed by atoms with Crippen molar-refractivity contribution in [1.82, 2.24) is 10.6 Å². The highest BCUT2D eigenvalue weighted by atomic mass is 127. The monoisotopic (exact) mass is 271 g/mol. The third-order valence-electron chi connectivity index (χ3n) is 1.12. The van der Waals surface area contributed by atoms with Crippen LogP contribution in [0.25, 0.3) is 0 Å². The molecule has 0 bridgehead atoms. The molecule has 0 heterocycles. The molecule has 0 fully saturated rings. The Morgan fingerprint density at radius 2 is 2.09 bits per heavy atom. The van der Waals surface area contributed by atoms with Crippen LogP contribution in [0.1, 0.15) is 6.42 Å². The first-order chi connectivity index (χ1) is 5.27. The number of carbonyl (C=O) groups excluding carboxylic acids is 1. The highest BCUT2D eigenvalue weighted by Crippen LogP contribution is 1.80. The summed E-state index contributed by atoms with van der Waals surface area (Å²) in [6.07, 6.45) is 0.984. The molecule has 0 aliphatic heterocycles. The Hall–Kier alpha value is 0.120. The van der Waals surface area contributed by atoms with Gasteiger partial charge in [0.15, 0.2) is 0 Å². The van der Waals surface area contributed by atoms with Crippen molar-refractivity contribution in [2.45, 2.75) is 6.42 Å². The van der Waals surface area contributed by atoms with E-state index in [1.165, 1.54) is 0 Å². The lowest BCUT2D eigenvalue weighted by atomic mass is 10.4. The zero-order valence-electron chi connectivity index (χ0n) is 6.40. The summed E-state index contributed by atoms with van der Waals surface area (Å²) in [7, 11) is 0. The quantitative estimate of drug-likeness (QED) is 0.277. The summed E-state index contributed by atoms with van der Waals surface area (Å²) in [5.74, 6) is 0. The van der Waals surface area contributed by atoms with E-state index in [9.17, 15) is 4.79 Å². The van der Waals surface area contributed by atoms with Gasteiger partial charge in [0.2, 0.25) is 0 Å². The van der Waals surface area contributed by atoms with Crippen LogP contribution >= 0.6 is 22.6 Å². The molecule has 4 N–H and O–H groups in total. The molecule has 0 aliphatic rings. The molecular weight excluding hydrogens is 257 g/mol. The van der Waals surface area contributed by atoms with Crippen LogP contribution in [0.3, 0.4) is 0 Å². The van der Waals surface area contributed by atoms with Crippen molar-refractivity contribution >= 4 is 26.5 Å². The minimum Gasteiger partial charge on any atom is -0.346 e. The third kappa shape index (κ3) is 10.1. The molecule has 11 heavy (non-hydrogen) atoms. The van der Waals surface area contributed by atoms with Crippen LogP contribution in [-0.2, 0) is 0 Å². The number of hydrogen-bond acceptors (Lipinski definition) is 3. The van der Waals surface area contributed by atoms with Crippen molar-refractivity contribution in [2.75, 3.05) is 26.2 Å². The van der Waals surface area contributed by atoms with Crippen LogP contribution in [0.15, 0.2) is 0 Å². The Morgan fingerprint density at radius 3 is 2.64 bits per heavy atom. The maximum atomic E-state index is 10.4. The molecule has 0 aliphatic carbocycles. The minimum atomic E-state index is -0.0109. The van der Waals surface area contributed by atoms with Crippen LogP contribution in [0.5, 0.6) is 0 Å². The molecule has 4 nitrogen and oxygen atoms in total. The summed E-state index contributed by atoms with van der Waals surface area (Å²) < 4.78 is -0.0109. The van der Waals surface area contributed by atoms with Gasteiger partial charge in [-0.15, -0.1) is 0 Å². The van der Waals surface area contributed by atoms with E-state index in [0.29, 0.717) is 13.1 Å². The van der Waals surface area contributed by atoms with Crippen LogP contribution in [0, 0.1) is 0 Å². The van der Waals surface area contributed by atoms with E-state index >= 15 is 0 Å². The molecular formula is C6H14IN3O.